The molecule has 0 aliphatic heterocycles. The van der Waals surface area contributed by atoms with Crippen LogP contribution in [0, 0.1) is 12.7 Å². The second-order valence-electron chi connectivity index (χ2n) is 5.45. The molecule has 26 heavy (non-hydrogen) atoms. The minimum atomic E-state index is -0.715. The van der Waals surface area contributed by atoms with E-state index in [0.29, 0.717) is 23.4 Å². The third kappa shape index (κ3) is 3.67. The summed E-state index contributed by atoms with van der Waals surface area (Å²) in [6.45, 7) is 1.95. The van der Waals surface area contributed by atoms with Crippen LogP contribution < -0.4 is 5.32 Å². The summed E-state index contributed by atoms with van der Waals surface area (Å²) in [5.74, 6) is -0.0923. The number of carbonyl (C=O) groups excluding carboxylic acids is 1. The summed E-state index contributed by atoms with van der Waals surface area (Å²) in [6, 6.07) is 8.10. The Bertz CT molecular complexity index is 945. The number of hydrogen-bond donors (Lipinski definition) is 1. The number of aryl methyl sites for hydroxylation is 1. The Morgan fingerprint density at radius 2 is 2.15 bits per heavy atom. The Morgan fingerprint density at radius 1 is 1.35 bits per heavy atom. The van der Waals surface area contributed by atoms with Gasteiger partial charge in [0.2, 0.25) is 0 Å². The topological polar surface area (TPSA) is 77.2 Å². The molecule has 3 aromatic rings. The second-order valence-corrected chi connectivity index (χ2v) is 5.82. The van der Waals surface area contributed by atoms with Crippen molar-refractivity contribution in [3.8, 4) is 11.4 Å². The normalized spacial score (nSPS) is 10.6. The summed E-state index contributed by atoms with van der Waals surface area (Å²) in [4.78, 5) is 20.5. The lowest BCUT2D eigenvalue weighted by molar-refractivity contribution is 0.0594. The molecule has 8 heteroatoms. The number of halogens is 2. The van der Waals surface area contributed by atoms with Crippen LogP contribution in [0.5, 0.6) is 0 Å². The van der Waals surface area contributed by atoms with Crippen LogP contribution in [0.4, 0.5) is 10.2 Å². The van der Waals surface area contributed by atoms with Gasteiger partial charge in [-0.25, -0.2) is 19.2 Å². The van der Waals surface area contributed by atoms with E-state index < -0.39 is 11.8 Å². The fraction of sp³-hybridized carbons (Fsp3) is 0.167. The summed E-state index contributed by atoms with van der Waals surface area (Å²) >= 11 is 6.25. The van der Waals surface area contributed by atoms with Crippen molar-refractivity contribution in [3.63, 3.8) is 0 Å². The molecule has 2 heterocycles. The first kappa shape index (κ1) is 17.9. The highest BCUT2D eigenvalue weighted by Crippen LogP contribution is 2.28. The van der Waals surface area contributed by atoms with Gasteiger partial charge in [-0.15, -0.1) is 0 Å². The predicted octanol–water partition coefficient (Wildman–Crippen LogP) is 4.24. The van der Waals surface area contributed by atoms with E-state index in [1.165, 1.54) is 13.2 Å². The van der Waals surface area contributed by atoms with E-state index in [1.807, 2.05) is 0 Å². The highest BCUT2D eigenvalue weighted by molar-refractivity contribution is 6.35. The smallest absolute Gasteiger partial charge is 0.358 e. The maximum atomic E-state index is 13.9. The number of nitrogens with one attached hydrogen (secondary N) is 1. The summed E-state index contributed by atoms with van der Waals surface area (Å²) < 4.78 is 23.9. The van der Waals surface area contributed by atoms with Crippen LogP contribution in [0.15, 0.2) is 41.0 Å². The molecular formula is C18H15ClFN3O3. The minimum absolute atomic E-state index is 0.0136. The maximum absolute atomic E-state index is 13.9. The maximum Gasteiger partial charge on any atom is 0.358 e. The van der Waals surface area contributed by atoms with Gasteiger partial charge in [-0.2, -0.15) is 0 Å². The van der Waals surface area contributed by atoms with Crippen LogP contribution in [0.1, 0.15) is 21.8 Å². The molecule has 0 radical (unpaired) electrons. The summed E-state index contributed by atoms with van der Waals surface area (Å²) in [5.41, 5.74) is 0.796. The van der Waals surface area contributed by atoms with E-state index in [9.17, 15) is 9.18 Å². The van der Waals surface area contributed by atoms with Gasteiger partial charge in [0, 0.05) is 5.56 Å². The number of furan rings is 1. The summed E-state index contributed by atoms with van der Waals surface area (Å²) in [5, 5.41) is 3.01. The lowest BCUT2D eigenvalue weighted by atomic mass is 10.1. The van der Waals surface area contributed by atoms with Crippen molar-refractivity contribution < 1.29 is 18.3 Å². The molecule has 1 aromatic carbocycles. The number of esters is 1. The Labute approximate surface area is 154 Å². The summed E-state index contributed by atoms with van der Waals surface area (Å²) in [7, 11) is 1.22. The van der Waals surface area contributed by atoms with Gasteiger partial charge in [-0.3, -0.25) is 0 Å². The molecule has 0 aliphatic carbocycles. The zero-order valence-corrected chi connectivity index (χ0v) is 14.8. The first-order valence-corrected chi connectivity index (χ1v) is 8.06. The molecule has 1 N–H and O–H groups in total. The van der Waals surface area contributed by atoms with Gasteiger partial charge in [-0.05, 0) is 30.7 Å². The van der Waals surface area contributed by atoms with Gasteiger partial charge < -0.3 is 14.5 Å². The van der Waals surface area contributed by atoms with Crippen LogP contribution in [0.25, 0.3) is 11.4 Å². The molecule has 2 aromatic heterocycles. The Kier molecular flexibility index (Phi) is 5.18. The van der Waals surface area contributed by atoms with Crippen molar-refractivity contribution in [1.29, 1.82) is 0 Å². The molecule has 134 valence electrons. The highest BCUT2D eigenvalue weighted by Gasteiger charge is 2.20. The highest BCUT2D eigenvalue weighted by atomic mass is 35.5. The Morgan fingerprint density at radius 3 is 2.81 bits per heavy atom. The molecule has 0 unspecified atom stereocenters. The zero-order chi connectivity index (χ0) is 18.7. The van der Waals surface area contributed by atoms with Crippen molar-refractivity contribution >= 4 is 23.4 Å². The third-order valence-corrected chi connectivity index (χ3v) is 4.03. The monoisotopic (exact) mass is 375 g/mol. The molecule has 6 nitrogen and oxygen atoms in total. The molecular weight excluding hydrogens is 361 g/mol. The number of anilines is 1. The standard InChI is InChI=1S/C18H15ClFN3O3/c1-10-5-6-11(8-13(10)20)16-22-15(18(24)25-2)14(19)17(23-16)21-9-12-4-3-7-26-12/h3-8H,9H2,1-2H3,(H,21,22,23). The molecule has 3 rings (SSSR count). The number of ether oxygens (including phenoxy) is 1. The molecule has 0 spiro atoms. The Balaban J connectivity index is 2.04. The van der Waals surface area contributed by atoms with E-state index in [1.54, 1.807) is 37.5 Å². The molecule has 0 bridgehead atoms. The van der Waals surface area contributed by atoms with Crippen molar-refractivity contribution in [2.75, 3.05) is 12.4 Å². The number of benzene rings is 1. The molecule has 0 saturated carbocycles. The van der Waals surface area contributed by atoms with Crippen molar-refractivity contribution in [2.24, 2.45) is 0 Å². The van der Waals surface area contributed by atoms with Crippen LogP contribution in [0.3, 0.4) is 0 Å². The van der Waals surface area contributed by atoms with E-state index in [2.05, 4.69) is 15.3 Å². The molecule has 0 aliphatic rings. The fourth-order valence-electron chi connectivity index (χ4n) is 2.24. The van der Waals surface area contributed by atoms with Crippen molar-refractivity contribution in [3.05, 3.63) is 64.5 Å². The van der Waals surface area contributed by atoms with E-state index in [4.69, 9.17) is 20.8 Å². The van der Waals surface area contributed by atoms with E-state index >= 15 is 0 Å². The van der Waals surface area contributed by atoms with Gasteiger partial charge in [-0.1, -0.05) is 23.7 Å². The second kappa shape index (κ2) is 7.53. The van der Waals surface area contributed by atoms with Crippen molar-refractivity contribution in [2.45, 2.75) is 13.5 Å². The van der Waals surface area contributed by atoms with Gasteiger partial charge >= 0.3 is 5.97 Å². The number of aromatic nitrogens is 2. The molecule has 0 amide bonds. The number of methoxy groups -OCH3 is 1. The van der Waals surface area contributed by atoms with Gasteiger partial charge in [0.15, 0.2) is 11.5 Å². The number of carbonyl (C=O) groups is 1. The number of nitrogens with zero attached hydrogens (tertiary/aromatic N) is 2. The van der Waals surface area contributed by atoms with Gasteiger partial charge in [0.1, 0.15) is 22.4 Å². The van der Waals surface area contributed by atoms with Crippen molar-refractivity contribution in [1.82, 2.24) is 9.97 Å². The fourth-order valence-corrected chi connectivity index (χ4v) is 2.47. The first-order valence-electron chi connectivity index (χ1n) is 7.68. The number of rotatable bonds is 5. The van der Waals surface area contributed by atoms with Gasteiger partial charge in [0.05, 0.1) is 19.9 Å². The van der Waals surface area contributed by atoms with E-state index in [0.717, 1.165) is 0 Å². The first-order chi connectivity index (χ1) is 12.5. The van der Waals surface area contributed by atoms with E-state index in [-0.39, 0.29) is 22.4 Å². The zero-order valence-electron chi connectivity index (χ0n) is 14.0. The molecule has 0 fully saturated rings. The van der Waals surface area contributed by atoms with Crippen LogP contribution in [0.2, 0.25) is 5.02 Å². The third-order valence-electron chi connectivity index (χ3n) is 3.67. The average molecular weight is 376 g/mol. The lowest BCUT2D eigenvalue weighted by Gasteiger charge is -2.12. The minimum Gasteiger partial charge on any atom is -0.467 e. The van der Waals surface area contributed by atoms with Gasteiger partial charge in [0.25, 0.3) is 0 Å². The average Bonchev–Trinajstić information content (AvgIpc) is 3.16. The largest absolute Gasteiger partial charge is 0.467 e. The summed E-state index contributed by atoms with van der Waals surface area (Å²) in [6.07, 6.45) is 1.54. The predicted molar refractivity (Wildman–Crippen MR) is 94.5 cm³/mol. The molecule has 0 atom stereocenters. The van der Waals surface area contributed by atoms with Crippen LogP contribution in [-0.2, 0) is 11.3 Å². The quantitative estimate of drug-likeness (QED) is 0.672. The molecule has 0 saturated heterocycles. The Hall–Kier alpha value is -2.93. The SMILES string of the molecule is COC(=O)c1nc(-c2ccc(C)c(F)c2)nc(NCc2ccco2)c1Cl. The number of hydrogen-bond acceptors (Lipinski definition) is 6. The lowest BCUT2D eigenvalue weighted by Crippen LogP contribution is -2.11. The van der Waals surface area contributed by atoms with Crippen LogP contribution in [-0.4, -0.2) is 23.0 Å². The van der Waals surface area contributed by atoms with Crippen LogP contribution >= 0.6 is 11.6 Å².